The van der Waals surface area contributed by atoms with Gasteiger partial charge in [0.15, 0.2) is 0 Å². The molecule has 0 radical (unpaired) electrons. The standard InChI is InChI=1S/C23H28ClNOS/c1-23(2,26)19-12-10-18(11-13-19)17-8-6-16(7-9-17)14-22(27)25-21-5-3-4-20(24)15-21/h3-5,10-13,15-17,26H,6-9,14H2,1-2H3,(H,25,27)/t16-,17+. The van der Waals surface area contributed by atoms with Crippen molar-refractivity contribution in [2.24, 2.45) is 5.92 Å². The van der Waals surface area contributed by atoms with E-state index in [1.54, 1.807) is 0 Å². The summed E-state index contributed by atoms with van der Waals surface area (Å²) in [6.45, 7) is 3.65. The Morgan fingerprint density at radius 1 is 1.11 bits per heavy atom. The summed E-state index contributed by atoms with van der Waals surface area (Å²) in [4.78, 5) is 0.898. The van der Waals surface area contributed by atoms with E-state index in [1.807, 2.05) is 38.1 Å². The lowest BCUT2D eigenvalue weighted by Crippen LogP contribution is -2.19. The van der Waals surface area contributed by atoms with Gasteiger partial charge in [0.2, 0.25) is 0 Å². The summed E-state index contributed by atoms with van der Waals surface area (Å²) in [6, 6.07) is 16.2. The number of benzene rings is 2. The molecule has 2 N–H and O–H groups in total. The van der Waals surface area contributed by atoms with Crippen LogP contribution < -0.4 is 5.32 Å². The molecule has 0 spiro atoms. The zero-order valence-electron chi connectivity index (χ0n) is 16.0. The van der Waals surface area contributed by atoms with Crippen LogP contribution in [0.4, 0.5) is 5.69 Å². The zero-order valence-corrected chi connectivity index (χ0v) is 17.6. The van der Waals surface area contributed by atoms with E-state index >= 15 is 0 Å². The normalized spacial score (nSPS) is 20.3. The highest BCUT2D eigenvalue weighted by molar-refractivity contribution is 7.80. The largest absolute Gasteiger partial charge is 0.386 e. The van der Waals surface area contributed by atoms with Gasteiger partial charge in [-0.1, -0.05) is 54.2 Å². The topological polar surface area (TPSA) is 32.3 Å². The maximum Gasteiger partial charge on any atom is 0.0840 e. The highest BCUT2D eigenvalue weighted by atomic mass is 35.5. The third-order valence-electron chi connectivity index (χ3n) is 5.52. The molecule has 1 aliphatic rings. The quantitative estimate of drug-likeness (QED) is 0.548. The number of hydrogen-bond acceptors (Lipinski definition) is 2. The minimum Gasteiger partial charge on any atom is -0.386 e. The minimum absolute atomic E-state index is 0.617. The van der Waals surface area contributed by atoms with Crippen LogP contribution in [0.1, 0.15) is 63.0 Å². The Bertz CT molecular complexity index is 774. The summed E-state index contributed by atoms with van der Waals surface area (Å²) in [7, 11) is 0. The Morgan fingerprint density at radius 3 is 2.37 bits per heavy atom. The van der Waals surface area contributed by atoms with Crippen molar-refractivity contribution in [2.45, 2.75) is 57.5 Å². The van der Waals surface area contributed by atoms with Gasteiger partial charge in [0.05, 0.1) is 10.6 Å². The van der Waals surface area contributed by atoms with Gasteiger partial charge in [0, 0.05) is 17.1 Å². The minimum atomic E-state index is -0.776. The van der Waals surface area contributed by atoms with Gasteiger partial charge in [-0.05, 0) is 80.7 Å². The smallest absolute Gasteiger partial charge is 0.0840 e. The molecule has 2 aromatic rings. The summed E-state index contributed by atoms with van der Waals surface area (Å²) in [5, 5.41) is 14.1. The molecule has 0 bridgehead atoms. The van der Waals surface area contributed by atoms with Gasteiger partial charge < -0.3 is 10.4 Å². The molecular weight excluding hydrogens is 374 g/mol. The second-order valence-corrected chi connectivity index (χ2v) is 9.09. The number of halogens is 1. The zero-order chi connectivity index (χ0) is 19.4. The van der Waals surface area contributed by atoms with Crippen LogP contribution in [0.2, 0.25) is 5.02 Å². The van der Waals surface area contributed by atoms with Crippen LogP contribution in [0.15, 0.2) is 48.5 Å². The number of rotatable bonds is 5. The van der Waals surface area contributed by atoms with Crippen molar-refractivity contribution in [1.29, 1.82) is 0 Å². The number of anilines is 1. The molecule has 144 valence electrons. The molecule has 4 heteroatoms. The molecule has 2 aromatic carbocycles. The second-order valence-electron chi connectivity index (χ2n) is 8.16. The van der Waals surface area contributed by atoms with Crippen molar-refractivity contribution in [1.82, 2.24) is 0 Å². The highest BCUT2D eigenvalue weighted by Gasteiger charge is 2.24. The summed E-state index contributed by atoms with van der Waals surface area (Å²) >= 11 is 11.6. The van der Waals surface area contributed by atoms with Gasteiger partial charge in [-0.3, -0.25) is 0 Å². The van der Waals surface area contributed by atoms with Crippen LogP contribution in [0, 0.1) is 5.92 Å². The Labute approximate surface area is 173 Å². The summed E-state index contributed by atoms with van der Waals surface area (Å²) in [6.07, 6.45) is 5.75. The molecule has 27 heavy (non-hydrogen) atoms. The van der Waals surface area contributed by atoms with E-state index in [0.717, 1.165) is 27.7 Å². The fourth-order valence-electron chi connectivity index (χ4n) is 3.90. The maximum atomic E-state index is 10.1. The predicted molar refractivity (Wildman–Crippen MR) is 119 cm³/mol. The van der Waals surface area contributed by atoms with E-state index < -0.39 is 5.60 Å². The number of thiocarbonyl (C=S) groups is 1. The van der Waals surface area contributed by atoms with Gasteiger partial charge in [0.1, 0.15) is 0 Å². The van der Waals surface area contributed by atoms with Crippen molar-refractivity contribution in [2.75, 3.05) is 5.32 Å². The molecule has 1 saturated carbocycles. The molecule has 0 unspecified atom stereocenters. The highest BCUT2D eigenvalue weighted by Crippen LogP contribution is 2.37. The second kappa shape index (κ2) is 8.72. The van der Waals surface area contributed by atoms with Crippen LogP contribution in [0.3, 0.4) is 0 Å². The lowest BCUT2D eigenvalue weighted by Gasteiger charge is -2.29. The van der Waals surface area contributed by atoms with Crippen molar-refractivity contribution >= 4 is 34.5 Å². The number of hydrogen-bond donors (Lipinski definition) is 2. The van der Waals surface area contributed by atoms with E-state index in [0.29, 0.717) is 11.8 Å². The first kappa shape index (κ1) is 20.3. The molecule has 0 saturated heterocycles. The molecule has 0 amide bonds. The van der Waals surface area contributed by atoms with Crippen molar-refractivity contribution in [3.05, 3.63) is 64.7 Å². The molecule has 1 aliphatic carbocycles. The summed E-state index contributed by atoms with van der Waals surface area (Å²) in [5.74, 6) is 1.27. The van der Waals surface area contributed by atoms with Crippen LogP contribution in [-0.4, -0.2) is 10.1 Å². The first-order chi connectivity index (χ1) is 12.8. The average molecular weight is 402 g/mol. The molecule has 2 nitrogen and oxygen atoms in total. The third kappa shape index (κ3) is 5.78. The maximum absolute atomic E-state index is 10.1. The van der Waals surface area contributed by atoms with E-state index in [4.69, 9.17) is 23.8 Å². The van der Waals surface area contributed by atoms with Gasteiger partial charge in [-0.25, -0.2) is 0 Å². The monoisotopic (exact) mass is 401 g/mol. The molecule has 1 fully saturated rings. The van der Waals surface area contributed by atoms with E-state index in [9.17, 15) is 5.11 Å². The molecule has 0 atom stereocenters. The first-order valence-corrected chi connectivity index (χ1v) is 10.5. The molecule has 0 heterocycles. The van der Waals surface area contributed by atoms with E-state index in [-0.39, 0.29) is 0 Å². The third-order valence-corrected chi connectivity index (χ3v) is 6.02. The van der Waals surface area contributed by atoms with E-state index in [2.05, 4.69) is 29.6 Å². The Hall–Kier alpha value is -1.42. The first-order valence-electron chi connectivity index (χ1n) is 9.69. The number of nitrogens with one attached hydrogen (secondary N) is 1. The Kier molecular flexibility index (Phi) is 6.56. The molecular formula is C23H28ClNOS. The van der Waals surface area contributed by atoms with Gasteiger partial charge >= 0.3 is 0 Å². The fourth-order valence-corrected chi connectivity index (χ4v) is 4.45. The van der Waals surface area contributed by atoms with E-state index in [1.165, 1.54) is 31.2 Å². The lowest BCUT2D eigenvalue weighted by atomic mass is 9.77. The van der Waals surface area contributed by atoms with Crippen molar-refractivity contribution in [3.8, 4) is 0 Å². The van der Waals surface area contributed by atoms with Crippen molar-refractivity contribution in [3.63, 3.8) is 0 Å². The SMILES string of the molecule is CC(C)(O)c1ccc([C@H]2CC[C@@H](CC(=S)Nc3cccc(Cl)c3)CC2)cc1. The Balaban J connectivity index is 1.49. The predicted octanol–water partition coefficient (Wildman–Crippen LogP) is 6.67. The van der Waals surface area contributed by atoms with Gasteiger partial charge in [0.25, 0.3) is 0 Å². The number of aliphatic hydroxyl groups is 1. The van der Waals surface area contributed by atoms with Crippen molar-refractivity contribution < 1.29 is 5.11 Å². The van der Waals surface area contributed by atoms with Crippen LogP contribution in [0.5, 0.6) is 0 Å². The molecule has 0 aromatic heterocycles. The summed E-state index contributed by atoms with van der Waals surface area (Å²) in [5.41, 5.74) is 2.55. The summed E-state index contributed by atoms with van der Waals surface area (Å²) < 4.78 is 0. The van der Waals surface area contributed by atoms with Crippen LogP contribution in [0.25, 0.3) is 0 Å². The van der Waals surface area contributed by atoms with Crippen LogP contribution in [-0.2, 0) is 5.60 Å². The molecule has 3 rings (SSSR count). The van der Waals surface area contributed by atoms with Crippen LogP contribution >= 0.6 is 23.8 Å². The Morgan fingerprint density at radius 2 is 1.78 bits per heavy atom. The lowest BCUT2D eigenvalue weighted by molar-refractivity contribution is 0.0786. The van der Waals surface area contributed by atoms with Gasteiger partial charge in [-0.2, -0.15) is 0 Å². The van der Waals surface area contributed by atoms with Gasteiger partial charge in [-0.15, -0.1) is 0 Å². The average Bonchev–Trinajstić information content (AvgIpc) is 2.62. The fraction of sp³-hybridized carbons (Fsp3) is 0.435. The molecule has 0 aliphatic heterocycles.